The van der Waals surface area contributed by atoms with Crippen LogP contribution in [0.15, 0.2) is 0 Å². The SMILES string of the molecule is C#CCNC(=O)C(N)CC#C. The molecule has 3 nitrogen and oxygen atoms in total. The molecule has 0 aliphatic rings. The van der Waals surface area contributed by atoms with E-state index in [1.54, 1.807) is 0 Å². The maximum absolute atomic E-state index is 10.9. The van der Waals surface area contributed by atoms with Gasteiger partial charge in [-0.05, 0) is 0 Å². The van der Waals surface area contributed by atoms with E-state index in [4.69, 9.17) is 18.6 Å². The van der Waals surface area contributed by atoms with Gasteiger partial charge in [0.1, 0.15) is 0 Å². The van der Waals surface area contributed by atoms with Crippen LogP contribution in [0.4, 0.5) is 0 Å². The molecule has 0 aliphatic heterocycles. The molecule has 0 saturated carbocycles. The first-order chi connectivity index (χ1) is 5.22. The van der Waals surface area contributed by atoms with Crippen LogP contribution in [0.3, 0.4) is 0 Å². The Morgan fingerprint density at radius 2 is 2.18 bits per heavy atom. The summed E-state index contributed by atoms with van der Waals surface area (Å²) in [6, 6.07) is -0.645. The van der Waals surface area contributed by atoms with E-state index < -0.39 is 6.04 Å². The van der Waals surface area contributed by atoms with E-state index in [0.29, 0.717) is 0 Å². The Hall–Kier alpha value is -1.45. The number of hydrogen-bond acceptors (Lipinski definition) is 2. The van der Waals surface area contributed by atoms with Crippen LogP contribution in [0.5, 0.6) is 0 Å². The van der Waals surface area contributed by atoms with Gasteiger partial charge in [0.15, 0.2) is 0 Å². The summed E-state index contributed by atoms with van der Waals surface area (Å²) in [7, 11) is 0. The molecule has 0 aromatic carbocycles. The highest BCUT2D eigenvalue weighted by Gasteiger charge is 2.09. The quantitative estimate of drug-likeness (QED) is 0.511. The van der Waals surface area contributed by atoms with Gasteiger partial charge in [-0.1, -0.05) is 5.92 Å². The van der Waals surface area contributed by atoms with Crippen molar-refractivity contribution in [2.24, 2.45) is 5.73 Å². The molecule has 0 bridgehead atoms. The van der Waals surface area contributed by atoms with Crippen LogP contribution < -0.4 is 11.1 Å². The lowest BCUT2D eigenvalue weighted by Gasteiger charge is -2.05. The molecule has 0 aliphatic carbocycles. The van der Waals surface area contributed by atoms with Gasteiger partial charge in [0.25, 0.3) is 0 Å². The van der Waals surface area contributed by atoms with Crippen molar-refractivity contribution in [3.05, 3.63) is 0 Å². The predicted molar refractivity (Wildman–Crippen MR) is 43.3 cm³/mol. The fourth-order valence-corrected chi connectivity index (χ4v) is 0.489. The summed E-state index contributed by atoms with van der Waals surface area (Å²) in [5.74, 6) is 4.24. The molecule has 3 heteroatoms. The van der Waals surface area contributed by atoms with Crippen LogP contribution in [0.2, 0.25) is 0 Å². The monoisotopic (exact) mass is 150 g/mol. The number of nitrogens with two attached hydrogens (primary N) is 1. The first-order valence-electron chi connectivity index (χ1n) is 3.12. The van der Waals surface area contributed by atoms with Gasteiger partial charge in [-0.2, -0.15) is 0 Å². The lowest BCUT2D eigenvalue weighted by Crippen LogP contribution is -2.40. The van der Waals surface area contributed by atoms with Gasteiger partial charge >= 0.3 is 0 Å². The fraction of sp³-hybridized carbons (Fsp3) is 0.375. The number of carbonyl (C=O) groups excluding carboxylic acids is 1. The Morgan fingerprint density at radius 1 is 1.55 bits per heavy atom. The van der Waals surface area contributed by atoms with Crippen molar-refractivity contribution < 1.29 is 4.79 Å². The molecule has 1 atom stereocenters. The number of terminal acetylenes is 2. The van der Waals surface area contributed by atoms with Gasteiger partial charge in [-0.15, -0.1) is 18.8 Å². The third-order valence-electron chi connectivity index (χ3n) is 1.04. The molecule has 0 saturated heterocycles. The molecule has 0 spiro atoms. The molecule has 0 aromatic heterocycles. The molecule has 0 fully saturated rings. The Bertz CT molecular complexity index is 209. The molecule has 1 amide bonds. The van der Waals surface area contributed by atoms with Crippen LogP contribution in [0.1, 0.15) is 6.42 Å². The van der Waals surface area contributed by atoms with Crippen LogP contribution in [-0.2, 0) is 4.79 Å². The standard InChI is InChI=1S/C8H10N2O/c1-3-5-7(9)8(11)10-6-4-2/h1-2,7H,5-6,9H2,(H,10,11). The Kier molecular flexibility index (Phi) is 4.64. The van der Waals surface area contributed by atoms with Gasteiger partial charge in [0.2, 0.25) is 5.91 Å². The lowest BCUT2D eigenvalue weighted by molar-refractivity contribution is -0.121. The maximum Gasteiger partial charge on any atom is 0.238 e. The third-order valence-corrected chi connectivity index (χ3v) is 1.04. The van der Waals surface area contributed by atoms with Gasteiger partial charge < -0.3 is 11.1 Å². The maximum atomic E-state index is 10.9. The average molecular weight is 150 g/mol. The summed E-state index contributed by atoms with van der Waals surface area (Å²) in [5.41, 5.74) is 5.35. The summed E-state index contributed by atoms with van der Waals surface area (Å²) in [6.45, 7) is 0.192. The van der Waals surface area contributed by atoms with E-state index in [9.17, 15) is 4.79 Å². The minimum absolute atomic E-state index is 0.192. The number of carbonyl (C=O) groups is 1. The molecule has 11 heavy (non-hydrogen) atoms. The van der Waals surface area contributed by atoms with Crippen molar-refractivity contribution in [3.63, 3.8) is 0 Å². The highest BCUT2D eigenvalue weighted by atomic mass is 16.2. The van der Waals surface area contributed by atoms with Crippen molar-refractivity contribution in [2.75, 3.05) is 6.54 Å². The molecule has 1 unspecified atom stereocenters. The molecule has 0 aromatic rings. The fourth-order valence-electron chi connectivity index (χ4n) is 0.489. The smallest absolute Gasteiger partial charge is 0.238 e. The first-order valence-corrected chi connectivity index (χ1v) is 3.12. The van der Waals surface area contributed by atoms with Gasteiger partial charge in [-0.3, -0.25) is 4.79 Å². The van der Waals surface area contributed by atoms with Crippen molar-refractivity contribution in [3.8, 4) is 24.7 Å². The predicted octanol–water partition coefficient (Wildman–Crippen LogP) is -0.914. The number of rotatable bonds is 3. The zero-order chi connectivity index (χ0) is 8.69. The van der Waals surface area contributed by atoms with E-state index in [1.165, 1.54) is 0 Å². The molecule has 3 N–H and O–H groups in total. The van der Waals surface area contributed by atoms with Crippen molar-refractivity contribution in [2.45, 2.75) is 12.5 Å². The lowest BCUT2D eigenvalue weighted by atomic mass is 10.2. The largest absolute Gasteiger partial charge is 0.344 e. The van der Waals surface area contributed by atoms with E-state index in [0.717, 1.165) is 0 Å². The van der Waals surface area contributed by atoms with E-state index in [-0.39, 0.29) is 18.9 Å². The molecule has 58 valence electrons. The second-order valence-corrected chi connectivity index (χ2v) is 1.94. The summed E-state index contributed by atoms with van der Waals surface area (Å²) in [6.07, 6.45) is 10.1. The average Bonchev–Trinajstić information content (AvgIpc) is 2.00. The summed E-state index contributed by atoms with van der Waals surface area (Å²) in [4.78, 5) is 10.9. The van der Waals surface area contributed by atoms with Crippen LogP contribution in [-0.4, -0.2) is 18.5 Å². The minimum atomic E-state index is -0.645. The van der Waals surface area contributed by atoms with Crippen molar-refractivity contribution in [1.82, 2.24) is 5.32 Å². The number of nitrogens with one attached hydrogen (secondary N) is 1. The molecule has 0 heterocycles. The topological polar surface area (TPSA) is 55.1 Å². The molecule has 0 radical (unpaired) electrons. The number of hydrogen-bond donors (Lipinski definition) is 2. The molecular formula is C8H10N2O. The zero-order valence-corrected chi connectivity index (χ0v) is 6.13. The Labute approximate surface area is 66.3 Å². The Balaban J connectivity index is 3.68. The highest BCUT2D eigenvalue weighted by Crippen LogP contribution is 1.84. The molecule has 0 rings (SSSR count). The third kappa shape index (κ3) is 4.02. The highest BCUT2D eigenvalue weighted by molar-refractivity contribution is 5.81. The summed E-state index contributed by atoms with van der Waals surface area (Å²) < 4.78 is 0. The van der Waals surface area contributed by atoms with Gasteiger partial charge in [-0.25, -0.2) is 0 Å². The van der Waals surface area contributed by atoms with Crippen LogP contribution in [0.25, 0.3) is 0 Å². The second-order valence-electron chi connectivity index (χ2n) is 1.94. The normalized spacial score (nSPS) is 10.8. The number of amides is 1. The minimum Gasteiger partial charge on any atom is -0.344 e. The second kappa shape index (κ2) is 5.34. The van der Waals surface area contributed by atoms with Crippen molar-refractivity contribution >= 4 is 5.91 Å². The van der Waals surface area contributed by atoms with Crippen LogP contribution >= 0.6 is 0 Å². The first kappa shape index (κ1) is 9.55. The Morgan fingerprint density at radius 3 is 2.64 bits per heavy atom. The zero-order valence-electron chi connectivity index (χ0n) is 6.13. The van der Waals surface area contributed by atoms with E-state index in [1.807, 2.05) is 0 Å². The molecular weight excluding hydrogens is 140 g/mol. The van der Waals surface area contributed by atoms with E-state index in [2.05, 4.69) is 17.2 Å². The van der Waals surface area contributed by atoms with Crippen LogP contribution in [0, 0.1) is 24.7 Å². The van der Waals surface area contributed by atoms with E-state index >= 15 is 0 Å². The van der Waals surface area contributed by atoms with Gasteiger partial charge in [0, 0.05) is 6.42 Å². The van der Waals surface area contributed by atoms with Gasteiger partial charge in [0.05, 0.1) is 12.6 Å². The summed E-state index contributed by atoms with van der Waals surface area (Å²) in [5, 5.41) is 2.42. The summed E-state index contributed by atoms with van der Waals surface area (Å²) >= 11 is 0. The van der Waals surface area contributed by atoms with Crippen molar-refractivity contribution in [1.29, 1.82) is 0 Å².